The van der Waals surface area contributed by atoms with Gasteiger partial charge in [0, 0.05) is 35.0 Å². The second-order valence-corrected chi connectivity index (χ2v) is 18.0. The summed E-state index contributed by atoms with van der Waals surface area (Å²) in [7, 11) is 2.58. The first-order valence-electron chi connectivity index (χ1n) is 21.1. The maximum Gasteiger partial charge on any atom is 0.407 e. The van der Waals surface area contributed by atoms with Crippen LogP contribution in [-0.2, 0) is 19.1 Å². The van der Waals surface area contributed by atoms with Gasteiger partial charge in [-0.25, -0.2) is 19.6 Å². The number of amides is 4. The fourth-order valence-electron chi connectivity index (χ4n) is 8.84. The molecule has 63 heavy (non-hydrogen) atoms. The van der Waals surface area contributed by atoms with Crippen LogP contribution in [0.2, 0.25) is 0 Å². The Morgan fingerprint density at radius 1 is 0.730 bits per heavy atom. The zero-order chi connectivity index (χ0) is 43.8. The van der Waals surface area contributed by atoms with E-state index >= 15 is 0 Å². The third kappa shape index (κ3) is 8.16. The molecule has 2 aliphatic rings. The molecule has 0 radical (unpaired) electrons. The van der Waals surface area contributed by atoms with Crippen LogP contribution in [0.5, 0.6) is 0 Å². The van der Waals surface area contributed by atoms with Crippen LogP contribution in [-0.4, -0.2) is 87.1 Å². The third-order valence-electron chi connectivity index (χ3n) is 12.1. The summed E-state index contributed by atoms with van der Waals surface area (Å²) in [6.45, 7) is 4.97. The monoisotopic (exact) mass is 884 g/mol. The van der Waals surface area contributed by atoms with Crippen LogP contribution in [0.15, 0.2) is 89.8 Å². The Morgan fingerprint density at radius 2 is 1.35 bits per heavy atom. The number of hydrogen-bond donors (Lipinski definition) is 4. The van der Waals surface area contributed by atoms with Crippen LogP contribution in [0, 0.1) is 5.92 Å². The third-order valence-corrected chi connectivity index (χ3v) is 14.3. The number of fused-ring (bicyclic) bond motifs is 2. The number of carbonyl (C=O) groups excluding carboxylic acids is 4. The molecule has 16 heteroatoms. The maximum atomic E-state index is 14.0. The molecule has 2 aliphatic heterocycles. The van der Waals surface area contributed by atoms with E-state index in [0.717, 1.165) is 76.3 Å². The minimum atomic E-state index is -0.881. The number of alkyl carbamates (subject to hydrolysis) is 2. The molecule has 3 aromatic carbocycles. The standard InChI is InChI=1S/C47H48N8O6S2/c1-26(2)38(52-46(58)60-3)44(56)55-21-9-13-37(55)43-49-33-19-18-30(22-34(33)50-43)27-14-16-28(17-15-27)31-24-62-41-32(25-63-40(31)41)35-23-48-42(51-35)36-12-8-20-54(36)45(57)39(53-47(59)61-4)29-10-6-5-7-11-29/h5-7,10-11,14-19,22-26,36-39H,8-9,12-13,20-21H2,1-4H3,(H,48,51)(H,49,50)(H,52,58)(H,53,59). The molecule has 0 saturated carbocycles. The van der Waals surface area contributed by atoms with Gasteiger partial charge in [0.05, 0.1) is 58.6 Å². The number of hydrogen-bond acceptors (Lipinski definition) is 10. The van der Waals surface area contributed by atoms with E-state index in [4.69, 9.17) is 19.4 Å². The Kier molecular flexibility index (Phi) is 11.7. The molecule has 324 valence electrons. The van der Waals surface area contributed by atoms with Crippen molar-refractivity contribution in [3.8, 4) is 33.5 Å². The SMILES string of the molecule is COC(=O)NC(C(=O)N1CCCC1c1ncc(-c2csc3c(-c4ccc(-c5ccc6nc(C7CCCN7C(=O)C(NC(=O)OC)C(C)C)[nH]c6c5)cc4)csc23)[nH]1)c1ccccc1. The largest absolute Gasteiger partial charge is 0.453 e. The van der Waals surface area contributed by atoms with Gasteiger partial charge < -0.3 is 39.9 Å². The topological polar surface area (TPSA) is 175 Å². The highest BCUT2D eigenvalue weighted by atomic mass is 32.1. The summed E-state index contributed by atoms with van der Waals surface area (Å²) < 4.78 is 12.0. The van der Waals surface area contributed by atoms with E-state index in [2.05, 4.69) is 67.8 Å². The van der Waals surface area contributed by atoms with E-state index in [0.29, 0.717) is 18.7 Å². The number of methoxy groups -OCH3 is 2. The van der Waals surface area contributed by atoms with E-state index in [1.807, 2.05) is 66.2 Å². The van der Waals surface area contributed by atoms with Gasteiger partial charge in [-0.05, 0) is 66.0 Å². The predicted molar refractivity (Wildman–Crippen MR) is 244 cm³/mol. The lowest BCUT2D eigenvalue weighted by molar-refractivity contribution is -0.135. The van der Waals surface area contributed by atoms with Gasteiger partial charge in [-0.1, -0.05) is 74.5 Å². The average Bonchev–Trinajstić information content (AvgIpc) is 4.17. The lowest BCUT2D eigenvalue weighted by Crippen LogP contribution is -2.51. The second-order valence-electron chi connectivity index (χ2n) is 16.3. The molecule has 6 heterocycles. The maximum absolute atomic E-state index is 14.0. The number of aromatic amines is 2. The molecular formula is C47H48N8O6S2. The number of likely N-dealkylation sites (tertiary alicyclic amines) is 2. The molecule has 0 aliphatic carbocycles. The van der Waals surface area contributed by atoms with Crippen LogP contribution in [0.25, 0.3) is 53.9 Å². The smallest absolute Gasteiger partial charge is 0.407 e. The normalized spacial score (nSPS) is 17.3. The average molecular weight is 885 g/mol. The van der Waals surface area contributed by atoms with Gasteiger partial charge in [-0.15, -0.1) is 22.7 Å². The molecule has 9 rings (SSSR count). The van der Waals surface area contributed by atoms with Crippen molar-refractivity contribution in [1.82, 2.24) is 40.4 Å². The van der Waals surface area contributed by atoms with Crippen molar-refractivity contribution in [3.05, 3.63) is 107 Å². The molecule has 0 bridgehead atoms. The van der Waals surface area contributed by atoms with Crippen molar-refractivity contribution >= 4 is 67.1 Å². The first-order chi connectivity index (χ1) is 30.6. The number of nitrogens with zero attached hydrogens (tertiary/aromatic N) is 4. The van der Waals surface area contributed by atoms with Crippen molar-refractivity contribution in [3.63, 3.8) is 0 Å². The fourth-order valence-corrected chi connectivity index (χ4v) is 11.3. The van der Waals surface area contributed by atoms with Crippen molar-refractivity contribution in [1.29, 1.82) is 0 Å². The van der Waals surface area contributed by atoms with Crippen LogP contribution >= 0.6 is 22.7 Å². The molecule has 7 aromatic rings. The Labute approximate surface area is 372 Å². The number of thiophene rings is 2. The van der Waals surface area contributed by atoms with Crippen LogP contribution in [0.1, 0.15) is 74.9 Å². The summed E-state index contributed by atoms with van der Waals surface area (Å²) in [5.41, 5.74) is 8.78. The number of imidazole rings is 2. The molecule has 2 fully saturated rings. The number of H-pyrrole nitrogens is 2. The van der Waals surface area contributed by atoms with Gasteiger partial charge in [-0.2, -0.15) is 0 Å². The quantitative estimate of drug-likeness (QED) is 0.0994. The van der Waals surface area contributed by atoms with Gasteiger partial charge in [-0.3, -0.25) is 9.59 Å². The molecule has 4 unspecified atom stereocenters. The highest BCUT2D eigenvalue weighted by Crippen LogP contribution is 2.45. The zero-order valence-corrected chi connectivity index (χ0v) is 37.0. The molecule has 4 atom stereocenters. The molecule has 14 nitrogen and oxygen atoms in total. The molecule has 4 amide bonds. The molecule has 2 saturated heterocycles. The lowest BCUT2D eigenvalue weighted by atomic mass is 10.0. The summed E-state index contributed by atoms with van der Waals surface area (Å²) in [6, 6.07) is 22.0. The number of carbonyl (C=O) groups is 4. The van der Waals surface area contributed by atoms with Crippen molar-refractivity contribution in [2.24, 2.45) is 5.92 Å². The lowest BCUT2D eigenvalue weighted by Gasteiger charge is -2.29. The molecule has 4 N–H and O–H groups in total. The Balaban J connectivity index is 0.904. The van der Waals surface area contributed by atoms with Crippen molar-refractivity contribution in [2.75, 3.05) is 27.3 Å². The number of aromatic nitrogens is 4. The number of nitrogens with one attached hydrogen (secondary N) is 4. The van der Waals surface area contributed by atoms with Crippen molar-refractivity contribution in [2.45, 2.75) is 63.7 Å². The van der Waals surface area contributed by atoms with Crippen LogP contribution in [0.3, 0.4) is 0 Å². The molecule has 0 spiro atoms. The minimum absolute atomic E-state index is 0.109. The van der Waals surface area contributed by atoms with Gasteiger partial charge in [0.2, 0.25) is 5.91 Å². The van der Waals surface area contributed by atoms with Gasteiger partial charge in [0.25, 0.3) is 5.91 Å². The van der Waals surface area contributed by atoms with E-state index in [9.17, 15) is 19.2 Å². The summed E-state index contributed by atoms with van der Waals surface area (Å²) in [4.78, 5) is 72.4. The Bertz CT molecular complexity index is 2790. The molecular weight excluding hydrogens is 837 g/mol. The Hall–Kier alpha value is -6.52. The molecule has 4 aromatic heterocycles. The van der Waals surface area contributed by atoms with Gasteiger partial charge in [0.15, 0.2) is 0 Å². The highest BCUT2D eigenvalue weighted by Gasteiger charge is 2.39. The van der Waals surface area contributed by atoms with E-state index in [1.165, 1.54) is 29.2 Å². The van der Waals surface area contributed by atoms with Crippen molar-refractivity contribution < 1.29 is 28.7 Å². The van der Waals surface area contributed by atoms with Gasteiger partial charge >= 0.3 is 12.2 Å². The first-order valence-corrected chi connectivity index (χ1v) is 22.9. The number of ether oxygens (including phenoxy) is 2. The summed E-state index contributed by atoms with van der Waals surface area (Å²) in [5.74, 6) is 1.01. The Morgan fingerprint density at radius 3 is 2.05 bits per heavy atom. The van der Waals surface area contributed by atoms with E-state index < -0.39 is 24.3 Å². The number of rotatable bonds is 11. The zero-order valence-electron chi connectivity index (χ0n) is 35.3. The minimum Gasteiger partial charge on any atom is -0.453 e. The highest BCUT2D eigenvalue weighted by molar-refractivity contribution is 7.27. The summed E-state index contributed by atoms with van der Waals surface area (Å²) in [5, 5.41) is 9.81. The van der Waals surface area contributed by atoms with Crippen LogP contribution < -0.4 is 10.6 Å². The van der Waals surface area contributed by atoms with E-state index in [-0.39, 0.29) is 29.8 Å². The van der Waals surface area contributed by atoms with Gasteiger partial charge in [0.1, 0.15) is 23.7 Å². The fraction of sp³-hybridized carbons (Fsp3) is 0.319. The predicted octanol–water partition coefficient (Wildman–Crippen LogP) is 9.37. The first kappa shape index (κ1) is 41.8. The number of benzene rings is 3. The van der Waals surface area contributed by atoms with E-state index in [1.54, 1.807) is 22.7 Å². The summed E-state index contributed by atoms with van der Waals surface area (Å²) in [6.07, 6.45) is 3.77. The summed E-state index contributed by atoms with van der Waals surface area (Å²) >= 11 is 3.40. The van der Waals surface area contributed by atoms with Crippen LogP contribution in [0.4, 0.5) is 9.59 Å². The second kappa shape index (κ2) is 17.7.